The maximum atomic E-state index is 14.1. The maximum Gasteiger partial charge on any atom is 0.248 e. The molecule has 1 heterocycles. The van der Waals surface area contributed by atoms with Crippen molar-refractivity contribution in [3.8, 4) is 23.1 Å². The first kappa shape index (κ1) is 23.0. The Morgan fingerprint density at radius 1 is 1.32 bits per heavy atom. The number of nitrogens with one attached hydrogen (secondary N) is 1. The van der Waals surface area contributed by atoms with Gasteiger partial charge in [-0.25, -0.2) is 26.3 Å². The highest BCUT2D eigenvalue weighted by molar-refractivity contribution is 7.89. The summed E-state index contributed by atoms with van der Waals surface area (Å²) in [6.45, 7) is 1.40. The molecular weight excluding hydrogens is 431 g/mol. The second-order valence-electron chi connectivity index (χ2n) is 7.49. The van der Waals surface area contributed by atoms with Crippen molar-refractivity contribution in [1.29, 1.82) is 5.26 Å². The largest absolute Gasteiger partial charge is 0.493 e. The number of benzene rings is 1. The smallest absolute Gasteiger partial charge is 0.248 e. The summed E-state index contributed by atoms with van der Waals surface area (Å²) in [6.07, 6.45) is 0.451. The lowest BCUT2D eigenvalue weighted by Gasteiger charge is -2.36. The Bertz CT molecular complexity index is 1070. The van der Waals surface area contributed by atoms with Crippen LogP contribution in [0.3, 0.4) is 0 Å². The van der Waals surface area contributed by atoms with Crippen LogP contribution in [0.5, 0.6) is 5.75 Å². The van der Waals surface area contributed by atoms with Crippen molar-refractivity contribution in [3.63, 3.8) is 0 Å². The minimum absolute atomic E-state index is 0.0306. The molecule has 31 heavy (non-hydrogen) atoms. The summed E-state index contributed by atoms with van der Waals surface area (Å²) in [5.74, 6) is -3.95. The molecule has 0 amide bonds. The molecule has 1 aromatic carbocycles. The number of nitriles is 1. The van der Waals surface area contributed by atoms with Crippen LogP contribution >= 0.6 is 0 Å². The fourth-order valence-electron chi connectivity index (χ4n) is 3.50. The van der Waals surface area contributed by atoms with Gasteiger partial charge in [0.1, 0.15) is 17.5 Å². The van der Waals surface area contributed by atoms with E-state index < -0.39 is 40.1 Å². The number of pyridine rings is 1. The lowest BCUT2D eigenvalue weighted by molar-refractivity contribution is -0.0660. The number of hydrogen-bond acceptors (Lipinski definition) is 5. The average Bonchev–Trinajstić information content (AvgIpc) is 2.74. The van der Waals surface area contributed by atoms with E-state index in [-0.39, 0.29) is 36.5 Å². The Kier molecular flexibility index (Phi) is 6.86. The summed E-state index contributed by atoms with van der Waals surface area (Å²) in [4.78, 5) is 3.95. The van der Waals surface area contributed by atoms with Crippen LogP contribution in [0.15, 0.2) is 36.5 Å². The number of ether oxygens (including phenoxy) is 1. The fraction of sp³-hybridized carbons (Fsp3) is 0.429. The molecule has 1 aromatic heterocycles. The Hall–Kier alpha value is -2.64. The monoisotopic (exact) mass is 453 g/mol. The molecule has 6 nitrogen and oxygen atoms in total. The Morgan fingerprint density at radius 3 is 2.65 bits per heavy atom. The van der Waals surface area contributed by atoms with Gasteiger partial charge in [-0.2, -0.15) is 5.26 Å². The third kappa shape index (κ3) is 5.95. The summed E-state index contributed by atoms with van der Waals surface area (Å²) in [7, 11) is -3.53. The van der Waals surface area contributed by atoms with Gasteiger partial charge in [0.15, 0.2) is 5.82 Å². The van der Waals surface area contributed by atoms with E-state index in [4.69, 9.17) is 10.00 Å². The second-order valence-corrected chi connectivity index (χ2v) is 9.53. The van der Waals surface area contributed by atoms with E-state index >= 15 is 0 Å². The molecular formula is C21H22F3N3O3S. The number of aromatic nitrogens is 1. The van der Waals surface area contributed by atoms with Gasteiger partial charge in [-0.05, 0) is 43.7 Å². The molecule has 166 valence electrons. The van der Waals surface area contributed by atoms with Gasteiger partial charge >= 0.3 is 0 Å². The van der Waals surface area contributed by atoms with Gasteiger partial charge in [0.2, 0.25) is 15.9 Å². The predicted octanol–water partition coefficient (Wildman–Crippen LogP) is 3.88. The van der Waals surface area contributed by atoms with Gasteiger partial charge in [0.05, 0.1) is 17.9 Å². The zero-order valence-electron chi connectivity index (χ0n) is 16.8. The van der Waals surface area contributed by atoms with Crippen LogP contribution in [0.2, 0.25) is 0 Å². The minimum atomic E-state index is -3.53. The van der Waals surface area contributed by atoms with E-state index in [2.05, 4.69) is 9.71 Å². The third-order valence-corrected chi connectivity index (χ3v) is 6.65. The number of halogens is 3. The summed E-state index contributed by atoms with van der Waals surface area (Å²) < 4.78 is 73.9. The minimum Gasteiger partial charge on any atom is -0.493 e. The molecule has 1 N–H and O–H groups in total. The summed E-state index contributed by atoms with van der Waals surface area (Å²) in [5, 5.41) is 8.80. The highest BCUT2D eigenvalue weighted by atomic mass is 32.2. The summed E-state index contributed by atoms with van der Waals surface area (Å²) >= 11 is 0. The summed E-state index contributed by atoms with van der Waals surface area (Å²) in [6, 6.07) is 8.53. The van der Waals surface area contributed by atoms with Crippen LogP contribution in [-0.4, -0.2) is 37.7 Å². The molecule has 1 aliphatic rings. The van der Waals surface area contributed by atoms with E-state index in [0.29, 0.717) is 11.3 Å². The quantitative estimate of drug-likeness (QED) is 0.687. The van der Waals surface area contributed by atoms with Crippen LogP contribution < -0.4 is 9.46 Å². The standard InChI is InChI=1S/C21H22F3N3O3S/c1-2-31(28,29)27-19-7-8-21(23,24)10-16(19)13-30-17-5-3-15(4-6-17)20-18(22)9-14(11-25)12-26-20/h3-6,9,12,16,19,27H,2,7-8,10,13H2,1H3/t16-,19+/m1/s1. The van der Waals surface area contributed by atoms with Crippen molar-refractivity contribution >= 4 is 10.0 Å². The third-order valence-electron chi connectivity index (χ3n) is 5.22. The normalized spacial score (nSPS) is 20.7. The molecule has 10 heteroatoms. The van der Waals surface area contributed by atoms with Crippen LogP contribution in [0.1, 0.15) is 31.7 Å². The molecule has 0 saturated heterocycles. The van der Waals surface area contributed by atoms with Crippen LogP contribution in [0, 0.1) is 23.1 Å². The Morgan fingerprint density at radius 2 is 2.03 bits per heavy atom. The Balaban J connectivity index is 1.69. The molecule has 2 aromatic rings. The van der Waals surface area contributed by atoms with Gasteiger partial charge in [-0.15, -0.1) is 0 Å². The fourth-order valence-corrected chi connectivity index (χ4v) is 4.44. The van der Waals surface area contributed by atoms with Crippen molar-refractivity contribution in [2.45, 2.75) is 38.2 Å². The van der Waals surface area contributed by atoms with Crippen molar-refractivity contribution < 1.29 is 26.3 Å². The van der Waals surface area contributed by atoms with E-state index in [1.165, 1.54) is 13.1 Å². The zero-order valence-corrected chi connectivity index (χ0v) is 17.6. The first-order chi connectivity index (χ1) is 14.6. The molecule has 0 aliphatic heterocycles. The number of alkyl halides is 2. The maximum absolute atomic E-state index is 14.1. The molecule has 1 aliphatic carbocycles. The van der Waals surface area contributed by atoms with Crippen LogP contribution in [0.25, 0.3) is 11.3 Å². The molecule has 0 bridgehead atoms. The molecule has 0 radical (unpaired) electrons. The van der Waals surface area contributed by atoms with Crippen molar-refractivity contribution in [1.82, 2.24) is 9.71 Å². The first-order valence-electron chi connectivity index (χ1n) is 9.79. The number of nitrogens with zero attached hydrogens (tertiary/aromatic N) is 2. The number of hydrogen-bond donors (Lipinski definition) is 1. The number of rotatable bonds is 7. The van der Waals surface area contributed by atoms with Gasteiger partial charge in [-0.1, -0.05) is 0 Å². The molecule has 1 saturated carbocycles. The van der Waals surface area contributed by atoms with Crippen LogP contribution in [-0.2, 0) is 10.0 Å². The van der Waals surface area contributed by atoms with E-state index in [1.807, 2.05) is 6.07 Å². The molecule has 0 spiro atoms. The SMILES string of the molecule is CCS(=O)(=O)N[C@H]1CCC(F)(F)C[C@@H]1COc1ccc(-c2ncc(C#N)cc2F)cc1. The first-order valence-corrected chi connectivity index (χ1v) is 11.4. The van der Waals surface area contributed by atoms with Crippen LogP contribution in [0.4, 0.5) is 13.2 Å². The zero-order chi connectivity index (χ0) is 22.6. The molecule has 1 fully saturated rings. The second kappa shape index (κ2) is 9.24. The highest BCUT2D eigenvalue weighted by Gasteiger charge is 2.42. The molecule has 2 atom stereocenters. The van der Waals surface area contributed by atoms with E-state index in [1.54, 1.807) is 24.3 Å². The van der Waals surface area contributed by atoms with Gasteiger partial charge in [-0.3, -0.25) is 4.98 Å². The average molecular weight is 453 g/mol. The lowest BCUT2D eigenvalue weighted by Crippen LogP contribution is -2.48. The van der Waals surface area contributed by atoms with Crippen molar-refractivity contribution in [2.24, 2.45) is 5.92 Å². The van der Waals surface area contributed by atoms with Crippen molar-refractivity contribution in [2.75, 3.05) is 12.4 Å². The molecule has 3 rings (SSSR count). The summed E-state index contributed by atoms with van der Waals surface area (Å²) in [5.41, 5.74) is 0.650. The number of sulfonamides is 1. The molecule has 0 unspecified atom stereocenters. The Labute approximate surface area is 179 Å². The lowest BCUT2D eigenvalue weighted by atomic mass is 9.83. The van der Waals surface area contributed by atoms with E-state index in [9.17, 15) is 21.6 Å². The van der Waals surface area contributed by atoms with Gasteiger partial charge in [0, 0.05) is 36.6 Å². The van der Waals surface area contributed by atoms with Gasteiger partial charge < -0.3 is 4.74 Å². The predicted molar refractivity (Wildman–Crippen MR) is 109 cm³/mol. The topological polar surface area (TPSA) is 92.1 Å². The van der Waals surface area contributed by atoms with Crippen molar-refractivity contribution in [3.05, 3.63) is 47.9 Å². The van der Waals surface area contributed by atoms with Gasteiger partial charge in [0.25, 0.3) is 0 Å². The van der Waals surface area contributed by atoms with E-state index in [0.717, 1.165) is 6.07 Å². The highest BCUT2D eigenvalue weighted by Crippen LogP contribution is 2.37.